The molecule has 0 bridgehead atoms. The SMILES string of the molecule is CC(C)[C@@H](NC(=O)OC(C)(C)C)C(=O)N1CCN(c2ncc(B3OC(C)(C)C(C)(C)O3)cn2)C[C@H]1C. The number of amides is 2. The maximum Gasteiger partial charge on any atom is 0.498 e. The lowest BCUT2D eigenvalue weighted by atomic mass is 9.81. The molecule has 200 valence electrons. The van der Waals surface area contributed by atoms with Crippen molar-refractivity contribution in [2.24, 2.45) is 5.92 Å². The number of ether oxygens (including phenoxy) is 1. The van der Waals surface area contributed by atoms with Crippen LogP contribution in [0.5, 0.6) is 0 Å². The molecule has 1 aromatic heterocycles. The lowest BCUT2D eigenvalue weighted by molar-refractivity contribution is -0.137. The number of hydrogen-bond acceptors (Lipinski definition) is 8. The van der Waals surface area contributed by atoms with Crippen LogP contribution in [0.25, 0.3) is 0 Å². The number of rotatable bonds is 5. The molecule has 1 aromatic rings. The summed E-state index contributed by atoms with van der Waals surface area (Å²) >= 11 is 0. The molecule has 2 atom stereocenters. The number of aromatic nitrogens is 2. The van der Waals surface area contributed by atoms with Gasteiger partial charge in [0.2, 0.25) is 11.9 Å². The van der Waals surface area contributed by atoms with Gasteiger partial charge in [-0.05, 0) is 61.3 Å². The maximum absolute atomic E-state index is 13.4. The molecule has 0 saturated carbocycles. The van der Waals surface area contributed by atoms with Crippen LogP contribution in [0.4, 0.5) is 10.7 Å². The van der Waals surface area contributed by atoms with Crippen LogP contribution < -0.4 is 15.7 Å². The molecule has 2 fully saturated rings. The van der Waals surface area contributed by atoms with Gasteiger partial charge in [-0.2, -0.15) is 0 Å². The highest BCUT2D eigenvalue weighted by Gasteiger charge is 2.52. The summed E-state index contributed by atoms with van der Waals surface area (Å²) in [4.78, 5) is 38.7. The molecule has 3 heterocycles. The molecule has 3 rings (SSSR count). The van der Waals surface area contributed by atoms with Crippen molar-refractivity contribution in [2.75, 3.05) is 24.5 Å². The van der Waals surface area contributed by atoms with E-state index < -0.39 is 36.1 Å². The molecule has 0 spiro atoms. The van der Waals surface area contributed by atoms with Crippen LogP contribution >= 0.6 is 0 Å². The summed E-state index contributed by atoms with van der Waals surface area (Å²) in [5, 5.41) is 2.76. The van der Waals surface area contributed by atoms with Crippen LogP contribution in [-0.4, -0.2) is 82.5 Å². The average Bonchev–Trinajstić information content (AvgIpc) is 2.97. The van der Waals surface area contributed by atoms with Crippen molar-refractivity contribution in [3.63, 3.8) is 0 Å². The molecule has 1 N–H and O–H groups in total. The summed E-state index contributed by atoms with van der Waals surface area (Å²) in [5.74, 6) is 0.405. The first-order valence-corrected chi connectivity index (χ1v) is 12.7. The average molecular weight is 503 g/mol. The molecule has 0 radical (unpaired) electrons. The van der Waals surface area contributed by atoms with Gasteiger partial charge >= 0.3 is 13.2 Å². The molecule has 36 heavy (non-hydrogen) atoms. The Hall–Kier alpha value is -2.40. The molecule has 0 unspecified atom stereocenters. The molecule has 2 aliphatic heterocycles. The van der Waals surface area contributed by atoms with Gasteiger partial charge in [0.1, 0.15) is 11.6 Å². The van der Waals surface area contributed by atoms with Crippen LogP contribution in [0.15, 0.2) is 12.4 Å². The number of carbonyl (C=O) groups excluding carboxylic acids is 2. The van der Waals surface area contributed by atoms with Gasteiger partial charge in [0.05, 0.1) is 11.2 Å². The first-order valence-electron chi connectivity index (χ1n) is 12.7. The fraction of sp³-hybridized carbons (Fsp3) is 0.760. The van der Waals surface area contributed by atoms with E-state index in [1.807, 2.05) is 53.4 Å². The van der Waals surface area contributed by atoms with Gasteiger partial charge in [0.25, 0.3) is 0 Å². The third-order valence-electron chi connectivity index (χ3n) is 6.98. The highest BCUT2D eigenvalue weighted by atomic mass is 16.7. The van der Waals surface area contributed by atoms with E-state index in [-0.39, 0.29) is 17.9 Å². The molecule has 0 aliphatic carbocycles. The zero-order chi connectivity index (χ0) is 27.1. The topological polar surface area (TPSA) is 106 Å². The molecule has 2 amide bonds. The summed E-state index contributed by atoms with van der Waals surface area (Å²) in [6.07, 6.45) is 2.90. The minimum absolute atomic E-state index is 0.0823. The predicted molar refractivity (Wildman–Crippen MR) is 139 cm³/mol. The Kier molecular flexibility index (Phi) is 7.96. The normalized spacial score (nSPS) is 22.5. The second-order valence-corrected chi connectivity index (χ2v) is 12.1. The second kappa shape index (κ2) is 10.2. The van der Waals surface area contributed by atoms with Gasteiger partial charge in [-0.3, -0.25) is 4.79 Å². The van der Waals surface area contributed by atoms with E-state index in [0.29, 0.717) is 25.6 Å². The van der Waals surface area contributed by atoms with Crippen molar-refractivity contribution in [1.82, 2.24) is 20.2 Å². The quantitative estimate of drug-likeness (QED) is 0.611. The van der Waals surface area contributed by atoms with E-state index >= 15 is 0 Å². The van der Waals surface area contributed by atoms with Crippen molar-refractivity contribution >= 4 is 30.5 Å². The number of anilines is 1. The number of nitrogens with one attached hydrogen (secondary N) is 1. The number of alkyl carbamates (subject to hydrolysis) is 1. The fourth-order valence-electron chi connectivity index (χ4n) is 4.19. The van der Waals surface area contributed by atoms with Crippen LogP contribution in [0.2, 0.25) is 0 Å². The predicted octanol–water partition coefficient (Wildman–Crippen LogP) is 2.36. The van der Waals surface area contributed by atoms with Crippen LogP contribution in [0.3, 0.4) is 0 Å². The highest BCUT2D eigenvalue weighted by Crippen LogP contribution is 2.36. The van der Waals surface area contributed by atoms with Gasteiger partial charge in [-0.1, -0.05) is 13.8 Å². The molecule has 2 aliphatic rings. The minimum Gasteiger partial charge on any atom is -0.444 e. The molecule has 0 aromatic carbocycles. The Bertz CT molecular complexity index is 931. The fourth-order valence-corrected chi connectivity index (χ4v) is 4.19. The van der Waals surface area contributed by atoms with E-state index in [2.05, 4.69) is 20.2 Å². The van der Waals surface area contributed by atoms with E-state index in [1.54, 1.807) is 33.2 Å². The van der Waals surface area contributed by atoms with Gasteiger partial charge in [-0.15, -0.1) is 0 Å². The number of nitrogens with zero attached hydrogens (tertiary/aromatic N) is 4. The molecule has 11 heteroatoms. The third kappa shape index (κ3) is 6.29. The number of piperazine rings is 1. The lowest BCUT2D eigenvalue weighted by Gasteiger charge is -2.41. The molecule has 2 saturated heterocycles. The van der Waals surface area contributed by atoms with Crippen LogP contribution in [-0.2, 0) is 18.8 Å². The summed E-state index contributed by atoms with van der Waals surface area (Å²) in [5.41, 5.74) is -0.722. The van der Waals surface area contributed by atoms with Gasteiger partial charge in [0, 0.05) is 43.5 Å². The first kappa shape index (κ1) is 28.2. The smallest absolute Gasteiger partial charge is 0.444 e. The Labute approximate surface area is 215 Å². The summed E-state index contributed by atoms with van der Waals surface area (Å²) in [6, 6.07) is -0.747. The summed E-state index contributed by atoms with van der Waals surface area (Å²) in [6.45, 7) is 20.9. The van der Waals surface area contributed by atoms with Crippen LogP contribution in [0.1, 0.15) is 69.2 Å². The Balaban J connectivity index is 1.62. The Morgan fingerprint density at radius 3 is 2.14 bits per heavy atom. The third-order valence-corrected chi connectivity index (χ3v) is 6.98. The van der Waals surface area contributed by atoms with Crippen molar-refractivity contribution in [1.29, 1.82) is 0 Å². The largest absolute Gasteiger partial charge is 0.498 e. The zero-order valence-corrected chi connectivity index (χ0v) is 23.4. The summed E-state index contributed by atoms with van der Waals surface area (Å²) in [7, 11) is -0.511. The van der Waals surface area contributed by atoms with E-state index in [9.17, 15) is 9.59 Å². The Morgan fingerprint density at radius 2 is 1.67 bits per heavy atom. The second-order valence-electron chi connectivity index (χ2n) is 12.1. The van der Waals surface area contributed by atoms with Gasteiger partial charge in [-0.25, -0.2) is 14.8 Å². The highest BCUT2D eigenvalue weighted by molar-refractivity contribution is 6.61. The zero-order valence-electron chi connectivity index (χ0n) is 23.4. The lowest BCUT2D eigenvalue weighted by Crippen LogP contribution is -2.60. The van der Waals surface area contributed by atoms with Crippen molar-refractivity contribution in [3.8, 4) is 0 Å². The number of carbonyl (C=O) groups is 2. The summed E-state index contributed by atoms with van der Waals surface area (Å²) < 4.78 is 17.5. The van der Waals surface area contributed by atoms with Gasteiger partial charge in [0.15, 0.2) is 0 Å². The molecular formula is C25H42BN5O5. The monoisotopic (exact) mass is 503 g/mol. The molecule has 10 nitrogen and oxygen atoms in total. The van der Waals surface area contributed by atoms with E-state index in [1.165, 1.54) is 0 Å². The van der Waals surface area contributed by atoms with Crippen molar-refractivity contribution in [2.45, 2.75) is 98.1 Å². The van der Waals surface area contributed by atoms with Crippen molar-refractivity contribution in [3.05, 3.63) is 12.4 Å². The number of hydrogen-bond donors (Lipinski definition) is 1. The Morgan fingerprint density at radius 1 is 1.11 bits per heavy atom. The molecular weight excluding hydrogens is 461 g/mol. The maximum atomic E-state index is 13.4. The van der Waals surface area contributed by atoms with Gasteiger partial charge < -0.3 is 29.2 Å². The van der Waals surface area contributed by atoms with Crippen LogP contribution in [0, 0.1) is 5.92 Å². The standard InChI is InChI=1S/C25H42BN5O5/c1-16(2)19(29-22(33)34-23(4,5)6)20(32)31-12-11-30(15-17(31)3)21-27-13-18(14-28-21)26-35-24(7,8)25(9,10)36-26/h13-14,16-17,19H,11-12,15H2,1-10H3,(H,29,33)/t17-,19-/m1/s1. The van der Waals surface area contributed by atoms with E-state index in [4.69, 9.17) is 14.0 Å². The van der Waals surface area contributed by atoms with Crippen molar-refractivity contribution < 1.29 is 23.6 Å². The van der Waals surface area contributed by atoms with E-state index in [0.717, 1.165) is 5.46 Å². The first-order chi connectivity index (χ1) is 16.5. The minimum atomic E-state index is -0.663.